The van der Waals surface area contributed by atoms with Crippen molar-refractivity contribution in [2.75, 3.05) is 17.7 Å². The first-order valence-corrected chi connectivity index (χ1v) is 7.84. The van der Waals surface area contributed by atoms with Gasteiger partial charge in [0, 0.05) is 24.9 Å². The second-order valence-corrected chi connectivity index (χ2v) is 5.74. The molecule has 1 amide bonds. The van der Waals surface area contributed by atoms with Gasteiger partial charge < -0.3 is 15.4 Å². The van der Waals surface area contributed by atoms with Gasteiger partial charge in [0.15, 0.2) is 0 Å². The van der Waals surface area contributed by atoms with Crippen molar-refractivity contribution < 1.29 is 9.53 Å². The number of ether oxygens (including phenoxy) is 1. The minimum Gasteiger partial charge on any atom is -0.379 e. The van der Waals surface area contributed by atoms with Crippen LogP contribution in [0, 0.1) is 6.92 Å². The molecule has 4 nitrogen and oxygen atoms in total. The van der Waals surface area contributed by atoms with Crippen LogP contribution < -0.4 is 10.6 Å². The predicted octanol–water partition coefficient (Wildman–Crippen LogP) is 3.71. The van der Waals surface area contributed by atoms with Crippen LogP contribution in [0.4, 0.5) is 11.4 Å². The third-order valence-corrected chi connectivity index (χ3v) is 4.19. The lowest BCUT2D eigenvalue weighted by Gasteiger charge is -2.32. The summed E-state index contributed by atoms with van der Waals surface area (Å²) in [4.78, 5) is 11.5. The number of methoxy groups -OCH3 is 1. The first kappa shape index (κ1) is 15.8. The molecule has 2 N–H and O–H groups in total. The smallest absolute Gasteiger partial charge is 0.224 e. The lowest BCUT2D eigenvalue weighted by atomic mass is 9.92. The van der Waals surface area contributed by atoms with E-state index < -0.39 is 0 Å². The van der Waals surface area contributed by atoms with E-state index in [1.54, 1.807) is 7.11 Å². The topological polar surface area (TPSA) is 50.4 Å². The second kappa shape index (κ2) is 7.46. The summed E-state index contributed by atoms with van der Waals surface area (Å²) in [5.74, 6) is 0.0391. The number of carbonyl (C=O) groups is 1. The molecule has 0 heterocycles. The van der Waals surface area contributed by atoms with Crippen LogP contribution in [-0.2, 0) is 9.53 Å². The van der Waals surface area contributed by atoms with E-state index in [1.165, 1.54) is 18.4 Å². The van der Waals surface area contributed by atoms with Crippen molar-refractivity contribution in [3.63, 3.8) is 0 Å². The van der Waals surface area contributed by atoms with Crippen molar-refractivity contribution in [2.24, 2.45) is 0 Å². The third-order valence-electron chi connectivity index (χ3n) is 4.19. The van der Waals surface area contributed by atoms with Gasteiger partial charge in [-0.05, 0) is 37.5 Å². The molecule has 0 spiro atoms. The van der Waals surface area contributed by atoms with E-state index >= 15 is 0 Å². The van der Waals surface area contributed by atoms with E-state index in [0.717, 1.165) is 24.2 Å². The lowest BCUT2D eigenvalue weighted by molar-refractivity contribution is -0.115. The Morgan fingerprint density at radius 1 is 1.33 bits per heavy atom. The van der Waals surface area contributed by atoms with Gasteiger partial charge in [-0.25, -0.2) is 0 Å². The van der Waals surface area contributed by atoms with E-state index in [0.29, 0.717) is 12.5 Å². The number of amides is 1. The van der Waals surface area contributed by atoms with Gasteiger partial charge in [0.25, 0.3) is 0 Å². The Balaban J connectivity index is 2.10. The average molecular weight is 290 g/mol. The maximum absolute atomic E-state index is 11.5. The predicted molar refractivity (Wildman–Crippen MR) is 86.8 cm³/mol. The largest absolute Gasteiger partial charge is 0.379 e. The van der Waals surface area contributed by atoms with Crippen molar-refractivity contribution >= 4 is 17.3 Å². The number of hydrogen-bond acceptors (Lipinski definition) is 3. The molecule has 2 atom stereocenters. The summed E-state index contributed by atoms with van der Waals surface area (Å²) >= 11 is 0. The zero-order chi connectivity index (χ0) is 15.2. The maximum atomic E-state index is 11.5. The Morgan fingerprint density at radius 2 is 2.10 bits per heavy atom. The molecule has 116 valence electrons. The third kappa shape index (κ3) is 4.21. The Bertz CT molecular complexity index is 488. The van der Waals surface area contributed by atoms with Crippen molar-refractivity contribution in [2.45, 2.75) is 58.1 Å². The number of benzene rings is 1. The molecule has 1 aromatic rings. The first-order valence-electron chi connectivity index (χ1n) is 7.84. The summed E-state index contributed by atoms with van der Waals surface area (Å²) in [6, 6.07) is 6.35. The highest BCUT2D eigenvalue weighted by atomic mass is 16.5. The highest BCUT2D eigenvalue weighted by molar-refractivity contribution is 5.91. The zero-order valence-electron chi connectivity index (χ0n) is 13.2. The van der Waals surface area contributed by atoms with Crippen molar-refractivity contribution in [3.05, 3.63) is 23.8 Å². The standard InChI is InChI=1S/C17H26N2O2/c1-4-17(20)18-13-10-9-12(2)15(11-13)19-14-7-5-6-8-16(14)21-3/h9-11,14,16,19H,4-8H2,1-3H3,(H,18,20). The van der Waals surface area contributed by atoms with Gasteiger partial charge in [0.1, 0.15) is 0 Å². The molecule has 21 heavy (non-hydrogen) atoms. The SMILES string of the molecule is CCC(=O)Nc1ccc(C)c(NC2CCCCC2OC)c1. The molecule has 1 aliphatic carbocycles. The molecule has 2 unspecified atom stereocenters. The first-order chi connectivity index (χ1) is 10.1. The Hall–Kier alpha value is -1.55. The van der Waals surface area contributed by atoms with Gasteiger partial charge in [-0.1, -0.05) is 25.8 Å². The Morgan fingerprint density at radius 3 is 2.81 bits per heavy atom. The summed E-state index contributed by atoms with van der Waals surface area (Å²) in [5.41, 5.74) is 3.11. The zero-order valence-corrected chi connectivity index (χ0v) is 13.2. The molecule has 1 aromatic carbocycles. The maximum Gasteiger partial charge on any atom is 0.224 e. The molecule has 1 saturated carbocycles. The minimum atomic E-state index is 0.0391. The summed E-state index contributed by atoms with van der Waals surface area (Å²) in [6.45, 7) is 3.94. The van der Waals surface area contributed by atoms with Crippen molar-refractivity contribution in [1.29, 1.82) is 0 Å². The minimum absolute atomic E-state index is 0.0391. The van der Waals surface area contributed by atoms with Gasteiger partial charge in [0.05, 0.1) is 12.1 Å². The molecule has 4 heteroatoms. The van der Waals surface area contributed by atoms with Gasteiger partial charge in [0.2, 0.25) is 5.91 Å². The summed E-state index contributed by atoms with van der Waals surface area (Å²) in [5, 5.41) is 6.52. The average Bonchev–Trinajstić information content (AvgIpc) is 2.51. The van der Waals surface area contributed by atoms with Crippen LogP contribution in [0.25, 0.3) is 0 Å². The van der Waals surface area contributed by atoms with Crippen molar-refractivity contribution in [3.8, 4) is 0 Å². The van der Waals surface area contributed by atoms with E-state index in [4.69, 9.17) is 4.74 Å². The Kier molecular flexibility index (Phi) is 5.62. The van der Waals surface area contributed by atoms with Gasteiger partial charge in [-0.2, -0.15) is 0 Å². The van der Waals surface area contributed by atoms with Crippen LogP contribution in [0.1, 0.15) is 44.6 Å². The van der Waals surface area contributed by atoms with E-state index in [2.05, 4.69) is 17.6 Å². The highest BCUT2D eigenvalue weighted by Crippen LogP contribution is 2.27. The van der Waals surface area contributed by atoms with Crippen LogP contribution in [0.5, 0.6) is 0 Å². The van der Waals surface area contributed by atoms with Crippen molar-refractivity contribution in [1.82, 2.24) is 0 Å². The molecule has 0 bridgehead atoms. The molecule has 0 radical (unpaired) electrons. The molecule has 1 aliphatic rings. The van der Waals surface area contributed by atoms with E-state index in [1.807, 2.05) is 25.1 Å². The van der Waals surface area contributed by atoms with Crippen LogP contribution in [0.3, 0.4) is 0 Å². The fourth-order valence-electron chi connectivity index (χ4n) is 2.85. The second-order valence-electron chi connectivity index (χ2n) is 5.74. The van der Waals surface area contributed by atoms with Crippen LogP contribution in [0.15, 0.2) is 18.2 Å². The summed E-state index contributed by atoms with van der Waals surface area (Å²) in [7, 11) is 1.79. The molecule has 2 rings (SSSR count). The van der Waals surface area contributed by atoms with E-state index in [9.17, 15) is 4.79 Å². The molecule has 0 saturated heterocycles. The number of rotatable bonds is 5. The fourth-order valence-corrected chi connectivity index (χ4v) is 2.85. The number of nitrogens with one attached hydrogen (secondary N) is 2. The fraction of sp³-hybridized carbons (Fsp3) is 0.588. The number of anilines is 2. The number of aryl methyl sites for hydroxylation is 1. The van der Waals surface area contributed by atoms with Gasteiger partial charge in [-0.3, -0.25) is 4.79 Å². The van der Waals surface area contributed by atoms with E-state index in [-0.39, 0.29) is 12.0 Å². The lowest BCUT2D eigenvalue weighted by Crippen LogP contribution is -2.37. The monoisotopic (exact) mass is 290 g/mol. The van der Waals surface area contributed by atoms with Crippen LogP contribution >= 0.6 is 0 Å². The number of hydrogen-bond donors (Lipinski definition) is 2. The van der Waals surface area contributed by atoms with Crippen LogP contribution in [0.2, 0.25) is 0 Å². The summed E-state index contributed by atoms with van der Waals surface area (Å²) in [6.07, 6.45) is 5.48. The quantitative estimate of drug-likeness (QED) is 0.869. The molecule has 0 aliphatic heterocycles. The molecular formula is C17H26N2O2. The summed E-state index contributed by atoms with van der Waals surface area (Å²) < 4.78 is 5.60. The highest BCUT2D eigenvalue weighted by Gasteiger charge is 2.25. The number of carbonyl (C=O) groups excluding carboxylic acids is 1. The van der Waals surface area contributed by atoms with Gasteiger partial charge >= 0.3 is 0 Å². The van der Waals surface area contributed by atoms with Crippen LogP contribution in [-0.4, -0.2) is 25.2 Å². The Labute approximate surface area is 127 Å². The van der Waals surface area contributed by atoms with Gasteiger partial charge in [-0.15, -0.1) is 0 Å². The molecule has 0 aromatic heterocycles. The normalized spacial score (nSPS) is 21.9. The molecular weight excluding hydrogens is 264 g/mol. The molecule has 1 fully saturated rings.